The molecule has 1 amide bonds. The first-order valence-corrected chi connectivity index (χ1v) is 7.76. The van der Waals surface area contributed by atoms with E-state index in [4.69, 9.17) is 11.6 Å². The lowest BCUT2D eigenvalue weighted by atomic mass is 10.2. The van der Waals surface area contributed by atoms with E-state index in [1.807, 2.05) is 0 Å². The van der Waals surface area contributed by atoms with E-state index < -0.39 is 12.5 Å². The summed E-state index contributed by atoms with van der Waals surface area (Å²) in [5, 5.41) is 14.8. The van der Waals surface area contributed by atoms with Gasteiger partial charge in [0.1, 0.15) is 12.3 Å². The summed E-state index contributed by atoms with van der Waals surface area (Å²) in [6, 6.07) is 12.7. The first-order valence-electron chi connectivity index (χ1n) is 7.39. The number of hydrogen-bond acceptors (Lipinski definition) is 5. The van der Waals surface area contributed by atoms with Gasteiger partial charge in [0, 0.05) is 10.6 Å². The first-order chi connectivity index (χ1) is 12.5. The average Bonchev–Trinajstić information content (AvgIpc) is 3.05. The molecule has 1 heterocycles. The summed E-state index contributed by atoms with van der Waals surface area (Å²) in [7, 11) is 0. The van der Waals surface area contributed by atoms with Crippen LogP contribution in [0.1, 0.15) is 0 Å². The van der Waals surface area contributed by atoms with Crippen LogP contribution in [0.4, 0.5) is 14.5 Å². The third-order valence-electron chi connectivity index (χ3n) is 3.22. The molecule has 0 fully saturated rings. The van der Waals surface area contributed by atoms with Crippen LogP contribution < -0.4 is 10.1 Å². The topological polar surface area (TPSA) is 81.9 Å². The Kier molecular flexibility index (Phi) is 5.37. The highest BCUT2D eigenvalue weighted by molar-refractivity contribution is 6.30. The number of amides is 1. The second-order valence-electron chi connectivity index (χ2n) is 5.07. The van der Waals surface area contributed by atoms with Crippen LogP contribution in [0.25, 0.3) is 11.4 Å². The molecule has 0 unspecified atom stereocenters. The fourth-order valence-corrected chi connectivity index (χ4v) is 2.24. The summed E-state index contributed by atoms with van der Waals surface area (Å²) in [5.41, 5.74) is 0.813. The van der Waals surface area contributed by atoms with E-state index in [0.29, 0.717) is 16.4 Å². The van der Waals surface area contributed by atoms with E-state index >= 15 is 0 Å². The normalized spacial score (nSPS) is 10.8. The van der Waals surface area contributed by atoms with Crippen molar-refractivity contribution in [1.29, 1.82) is 0 Å². The predicted octanol–water partition coefficient (Wildman–Crippen LogP) is 3.23. The molecule has 1 aromatic heterocycles. The van der Waals surface area contributed by atoms with Gasteiger partial charge in [0.15, 0.2) is 0 Å². The molecule has 0 aliphatic heterocycles. The number of halogens is 3. The van der Waals surface area contributed by atoms with Crippen molar-refractivity contribution in [3.8, 4) is 17.1 Å². The van der Waals surface area contributed by atoms with Crippen molar-refractivity contribution in [2.45, 2.75) is 13.2 Å². The molecule has 0 saturated heterocycles. The molecule has 3 rings (SSSR count). The molecule has 134 valence electrons. The van der Waals surface area contributed by atoms with Gasteiger partial charge in [-0.15, -0.1) is 10.2 Å². The zero-order valence-electron chi connectivity index (χ0n) is 13.1. The number of aromatic nitrogens is 4. The number of ether oxygens (including phenoxy) is 1. The summed E-state index contributed by atoms with van der Waals surface area (Å²) in [5.74, 6) is -0.324. The number of carbonyl (C=O) groups is 1. The smallest absolute Gasteiger partial charge is 0.387 e. The van der Waals surface area contributed by atoms with E-state index in [9.17, 15) is 13.6 Å². The van der Waals surface area contributed by atoms with E-state index in [-0.39, 0.29) is 18.0 Å². The van der Waals surface area contributed by atoms with Gasteiger partial charge in [-0.25, -0.2) is 0 Å². The molecular weight excluding hydrogens is 368 g/mol. The van der Waals surface area contributed by atoms with Crippen molar-refractivity contribution < 1.29 is 18.3 Å². The SMILES string of the molecule is O=C(Cn1nnc(-c2ccc(Cl)cc2)n1)Nc1ccccc1OC(F)F. The van der Waals surface area contributed by atoms with Crippen molar-refractivity contribution in [2.24, 2.45) is 0 Å². The second kappa shape index (κ2) is 7.87. The number of nitrogens with one attached hydrogen (secondary N) is 1. The summed E-state index contributed by atoms with van der Waals surface area (Å²) in [6.45, 7) is -3.24. The van der Waals surface area contributed by atoms with Crippen LogP contribution >= 0.6 is 11.6 Å². The molecule has 0 saturated carbocycles. The molecule has 2 aromatic carbocycles. The molecule has 0 radical (unpaired) electrons. The minimum atomic E-state index is -2.99. The van der Waals surface area contributed by atoms with E-state index in [1.54, 1.807) is 30.3 Å². The molecule has 0 bridgehead atoms. The van der Waals surface area contributed by atoms with Crippen molar-refractivity contribution >= 4 is 23.2 Å². The van der Waals surface area contributed by atoms with Crippen LogP contribution in [-0.4, -0.2) is 32.7 Å². The number of alkyl halides is 2. The fraction of sp³-hybridized carbons (Fsp3) is 0.125. The van der Waals surface area contributed by atoms with Gasteiger partial charge in [0.25, 0.3) is 0 Å². The molecule has 0 aliphatic carbocycles. The lowest BCUT2D eigenvalue weighted by Gasteiger charge is -2.11. The van der Waals surface area contributed by atoms with E-state index in [2.05, 4.69) is 25.5 Å². The first kappa shape index (κ1) is 17.7. The van der Waals surface area contributed by atoms with Crippen LogP contribution in [0.3, 0.4) is 0 Å². The Hall–Kier alpha value is -3.07. The summed E-state index contributed by atoms with van der Waals surface area (Å²) < 4.78 is 29.2. The van der Waals surface area contributed by atoms with Gasteiger partial charge in [-0.2, -0.15) is 13.6 Å². The molecule has 0 spiro atoms. The highest BCUT2D eigenvalue weighted by Gasteiger charge is 2.13. The Labute approximate surface area is 151 Å². The molecule has 0 atom stereocenters. The third-order valence-corrected chi connectivity index (χ3v) is 3.47. The maximum absolute atomic E-state index is 12.4. The highest BCUT2D eigenvalue weighted by Crippen LogP contribution is 2.25. The van der Waals surface area contributed by atoms with E-state index in [1.165, 1.54) is 18.2 Å². The summed E-state index contributed by atoms with van der Waals surface area (Å²) >= 11 is 5.82. The number of hydrogen-bond donors (Lipinski definition) is 1. The lowest BCUT2D eigenvalue weighted by Crippen LogP contribution is -2.21. The number of nitrogens with zero attached hydrogens (tertiary/aromatic N) is 4. The molecular formula is C16H12ClF2N5O2. The van der Waals surface area contributed by atoms with Gasteiger partial charge in [-0.1, -0.05) is 23.7 Å². The number of tetrazole rings is 1. The largest absolute Gasteiger partial charge is 0.433 e. The number of rotatable bonds is 6. The van der Waals surface area contributed by atoms with Gasteiger partial charge in [0.2, 0.25) is 11.7 Å². The number of para-hydroxylation sites is 2. The van der Waals surface area contributed by atoms with Crippen LogP contribution in [0, 0.1) is 0 Å². The Morgan fingerprint density at radius 3 is 2.65 bits per heavy atom. The Bertz CT molecular complexity index is 902. The van der Waals surface area contributed by atoms with Gasteiger partial charge < -0.3 is 10.1 Å². The maximum atomic E-state index is 12.4. The average molecular weight is 380 g/mol. The summed E-state index contributed by atoms with van der Waals surface area (Å²) in [4.78, 5) is 13.2. The third kappa shape index (κ3) is 4.51. The monoisotopic (exact) mass is 379 g/mol. The van der Waals surface area contributed by atoms with Gasteiger partial charge in [0.05, 0.1) is 5.69 Å². The van der Waals surface area contributed by atoms with Crippen LogP contribution in [-0.2, 0) is 11.3 Å². The van der Waals surface area contributed by atoms with E-state index in [0.717, 1.165) is 4.80 Å². The predicted molar refractivity (Wildman–Crippen MR) is 90.0 cm³/mol. The molecule has 10 heteroatoms. The quantitative estimate of drug-likeness (QED) is 0.711. The standard InChI is InChI=1S/C16H12ClF2N5O2/c17-11-7-5-10(6-8-11)15-21-23-24(22-15)9-14(25)20-12-3-1-2-4-13(12)26-16(18)19/h1-8,16H,9H2,(H,20,25). The molecule has 7 nitrogen and oxygen atoms in total. The Morgan fingerprint density at radius 2 is 1.92 bits per heavy atom. The number of anilines is 1. The van der Waals surface area contributed by atoms with Crippen molar-refractivity contribution in [2.75, 3.05) is 5.32 Å². The number of benzene rings is 2. The highest BCUT2D eigenvalue weighted by atomic mass is 35.5. The molecule has 1 N–H and O–H groups in total. The van der Waals surface area contributed by atoms with Gasteiger partial charge >= 0.3 is 6.61 Å². The van der Waals surface area contributed by atoms with Crippen molar-refractivity contribution in [3.63, 3.8) is 0 Å². The van der Waals surface area contributed by atoms with Crippen LogP contribution in [0.15, 0.2) is 48.5 Å². The summed E-state index contributed by atoms with van der Waals surface area (Å²) in [6.07, 6.45) is 0. The Morgan fingerprint density at radius 1 is 1.19 bits per heavy atom. The lowest BCUT2D eigenvalue weighted by molar-refractivity contribution is -0.117. The molecule has 0 aliphatic rings. The van der Waals surface area contributed by atoms with Gasteiger partial charge in [-0.3, -0.25) is 4.79 Å². The van der Waals surface area contributed by atoms with Crippen LogP contribution in [0.5, 0.6) is 5.75 Å². The Balaban J connectivity index is 1.67. The van der Waals surface area contributed by atoms with Crippen LogP contribution in [0.2, 0.25) is 5.02 Å². The second-order valence-corrected chi connectivity index (χ2v) is 5.51. The zero-order valence-corrected chi connectivity index (χ0v) is 13.9. The molecule has 3 aromatic rings. The fourth-order valence-electron chi connectivity index (χ4n) is 2.11. The zero-order chi connectivity index (χ0) is 18.5. The van der Waals surface area contributed by atoms with Gasteiger partial charge in [-0.05, 0) is 41.6 Å². The maximum Gasteiger partial charge on any atom is 0.387 e. The minimum absolute atomic E-state index is 0.121. The number of carbonyl (C=O) groups excluding carboxylic acids is 1. The van der Waals surface area contributed by atoms with Crippen molar-refractivity contribution in [1.82, 2.24) is 20.2 Å². The van der Waals surface area contributed by atoms with Crippen molar-refractivity contribution in [3.05, 3.63) is 53.6 Å². The minimum Gasteiger partial charge on any atom is -0.433 e. The molecule has 26 heavy (non-hydrogen) atoms.